The predicted octanol–water partition coefficient (Wildman–Crippen LogP) is 15.1. The van der Waals surface area contributed by atoms with Crippen molar-refractivity contribution in [3.05, 3.63) is 144 Å². The highest BCUT2D eigenvalue weighted by Crippen LogP contribution is 2.59. The van der Waals surface area contributed by atoms with Crippen molar-refractivity contribution in [3.63, 3.8) is 0 Å². The van der Waals surface area contributed by atoms with Gasteiger partial charge >= 0.3 is 0 Å². The Hall–Kier alpha value is -3.52. The molecule has 10 heteroatoms. The van der Waals surface area contributed by atoms with Gasteiger partial charge in [-0.1, -0.05) is 205 Å². The van der Waals surface area contributed by atoms with Gasteiger partial charge in [0.25, 0.3) is 0 Å². The van der Waals surface area contributed by atoms with Gasteiger partial charge in [-0.3, -0.25) is 0 Å². The summed E-state index contributed by atoms with van der Waals surface area (Å²) in [6, 6.07) is 40.4. The summed E-state index contributed by atoms with van der Waals surface area (Å²) >= 11 is 0. The van der Waals surface area contributed by atoms with Gasteiger partial charge < -0.3 is 48.1 Å². The minimum absolute atomic E-state index is 0. The number of aliphatic hydroxyl groups excluding tert-OH is 2. The minimum atomic E-state index is -0.266. The first-order chi connectivity index (χ1) is 35.4. The average molecular weight is 1030 g/mol. The zero-order valence-electron chi connectivity index (χ0n) is 45.6. The molecule has 8 fully saturated rings. The first kappa shape index (κ1) is 64.8. The lowest BCUT2D eigenvalue weighted by atomic mass is 10.0. The smallest absolute Gasteiger partial charge is 0.183 e. The number of fused-ring (bicyclic) bond motifs is 4. The Balaban J connectivity index is 0.000000246. The molecule has 4 aromatic rings. The molecule has 8 unspecified atom stereocenters. The first-order valence-electron chi connectivity index (χ1n) is 27.7. The monoisotopic (exact) mass is 1030 g/mol. The molecule has 0 amide bonds. The molecule has 12 rings (SSSR count). The summed E-state index contributed by atoms with van der Waals surface area (Å²) in [7, 11) is 0. The quantitative estimate of drug-likeness (QED) is 0.177. The normalized spacial score (nSPS) is 32.8. The zero-order valence-corrected chi connectivity index (χ0v) is 45.6. The van der Waals surface area contributed by atoms with Crippen molar-refractivity contribution < 1.29 is 48.1 Å². The Morgan fingerprint density at radius 2 is 0.541 bits per heavy atom. The molecule has 4 saturated carbocycles. The minimum Gasteiger partial charge on any atom is -0.396 e. The molecule has 0 radical (unpaired) electrons. The number of benzene rings is 4. The SMILES string of the molecule is C.C.CC.CC.CC.CC.CCC12COC(c3ccccc3)OCC1C2.CC[C@@]12COC(c3ccccc3)OC[C@@H]1C2.OCC12COC(c3ccccc3)OCC1C2.OC[C@@]12COC(c3ccccc3)OC[C@@H]1C2. The van der Waals surface area contributed by atoms with Crippen LogP contribution in [0.15, 0.2) is 121 Å². The summed E-state index contributed by atoms with van der Waals surface area (Å²) in [6.45, 7) is 27.0. The van der Waals surface area contributed by atoms with E-state index >= 15 is 0 Å². The summed E-state index contributed by atoms with van der Waals surface area (Å²) in [4.78, 5) is 0. The van der Waals surface area contributed by atoms with E-state index in [4.69, 9.17) is 37.9 Å². The van der Waals surface area contributed by atoms with E-state index in [1.807, 2.05) is 152 Å². The van der Waals surface area contributed by atoms with Crippen LogP contribution in [0.5, 0.6) is 0 Å². The van der Waals surface area contributed by atoms with Gasteiger partial charge in [0.2, 0.25) is 0 Å². The van der Waals surface area contributed by atoms with Crippen molar-refractivity contribution in [2.24, 2.45) is 45.3 Å². The van der Waals surface area contributed by atoms with Crippen molar-refractivity contribution in [1.82, 2.24) is 0 Å². The highest BCUT2D eigenvalue weighted by atomic mass is 16.7. The number of hydrogen-bond acceptors (Lipinski definition) is 10. The van der Waals surface area contributed by atoms with Crippen molar-refractivity contribution in [2.75, 3.05) is 66.1 Å². The molecular weight excluding hydrogens is 929 g/mol. The maximum absolute atomic E-state index is 9.34. The van der Waals surface area contributed by atoms with E-state index in [-0.39, 0.29) is 64.1 Å². The first-order valence-corrected chi connectivity index (χ1v) is 27.7. The van der Waals surface area contributed by atoms with Crippen LogP contribution in [0.2, 0.25) is 0 Å². The molecule has 4 aromatic carbocycles. The molecular formula is C64H100O10. The van der Waals surface area contributed by atoms with Crippen molar-refractivity contribution in [1.29, 1.82) is 0 Å². The zero-order chi connectivity index (χ0) is 52.0. The van der Waals surface area contributed by atoms with Crippen LogP contribution in [-0.4, -0.2) is 76.3 Å². The number of rotatable bonds is 8. The van der Waals surface area contributed by atoms with Crippen LogP contribution < -0.4 is 0 Å². The van der Waals surface area contributed by atoms with Gasteiger partial charge in [-0.05, 0) is 73.0 Å². The molecule has 4 heterocycles. The Morgan fingerprint density at radius 1 is 0.338 bits per heavy atom. The third-order valence-corrected chi connectivity index (χ3v) is 15.6. The van der Waals surface area contributed by atoms with Crippen molar-refractivity contribution in [2.45, 2.75) is 148 Å². The lowest BCUT2D eigenvalue weighted by Crippen LogP contribution is -2.17. The van der Waals surface area contributed by atoms with Gasteiger partial charge in [0.1, 0.15) is 0 Å². The van der Waals surface area contributed by atoms with Crippen LogP contribution in [0, 0.1) is 45.3 Å². The van der Waals surface area contributed by atoms with E-state index in [1.165, 1.54) is 25.7 Å². The molecule has 0 aromatic heterocycles. The van der Waals surface area contributed by atoms with E-state index in [9.17, 15) is 10.2 Å². The van der Waals surface area contributed by atoms with Crippen molar-refractivity contribution in [3.8, 4) is 0 Å². The van der Waals surface area contributed by atoms with Gasteiger partial charge in [0, 0.05) is 33.1 Å². The second-order valence-corrected chi connectivity index (χ2v) is 19.6. The van der Waals surface area contributed by atoms with Crippen LogP contribution in [0.4, 0.5) is 0 Å². The highest BCUT2D eigenvalue weighted by Gasteiger charge is 2.58. The highest BCUT2D eigenvalue weighted by molar-refractivity contribution is 5.20. The Morgan fingerprint density at radius 3 is 0.757 bits per heavy atom. The summed E-state index contributed by atoms with van der Waals surface area (Å²) in [6.07, 6.45) is 6.21. The van der Waals surface area contributed by atoms with E-state index in [2.05, 4.69) is 38.1 Å². The molecule has 10 nitrogen and oxygen atoms in total. The largest absolute Gasteiger partial charge is 0.396 e. The molecule has 4 aliphatic heterocycles. The van der Waals surface area contributed by atoms with Gasteiger partial charge in [0.05, 0.1) is 66.1 Å². The topological polar surface area (TPSA) is 114 Å². The third kappa shape index (κ3) is 16.7. The lowest BCUT2D eigenvalue weighted by Gasteiger charge is -2.18. The molecule has 8 aliphatic rings. The van der Waals surface area contributed by atoms with E-state index < -0.39 is 0 Å². The molecule has 0 spiro atoms. The number of hydrogen-bond donors (Lipinski definition) is 2. The van der Waals surface area contributed by atoms with Gasteiger partial charge in [-0.2, -0.15) is 0 Å². The predicted molar refractivity (Wildman–Crippen MR) is 300 cm³/mol. The second kappa shape index (κ2) is 32.3. The van der Waals surface area contributed by atoms with Gasteiger partial charge in [0.15, 0.2) is 25.2 Å². The maximum Gasteiger partial charge on any atom is 0.183 e. The standard InChI is InChI=1S/2C14H18O2.2C13H16O3.4C2H6.2CH4/c2*1-2-14-8-12(14)9-15-13(16-10-14)11-6-4-3-5-7-11;2*14-8-13-6-11(13)7-15-12(16-9-13)10-4-2-1-3-5-10;4*1-2;;/h2*3-7,12-13H,2,8-10H2,1H3;2*1-5,11-12,14H,6-9H2;4*1-2H3;2*1H4/t12-,13?,14+;;11-,12?,13-;;;;;;;/m0.0......./s1. The fraction of sp³-hybridized carbons (Fsp3) is 0.625. The van der Waals surface area contributed by atoms with Crippen LogP contribution in [0.3, 0.4) is 0 Å². The third-order valence-electron chi connectivity index (χ3n) is 15.6. The molecule has 4 aliphatic carbocycles. The Kier molecular flexibility index (Phi) is 28.2. The molecule has 12 atom stereocenters. The summed E-state index contributed by atoms with van der Waals surface area (Å²) in [5, 5.41) is 18.7. The molecule has 74 heavy (non-hydrogen) atoms. The Bertz CT molecular complexity index is 1750. The Labute approximate surface area is 449 Å². The second-order valence-electron chi connectivity index (χ2n) is 19.6. The summed E-state index contributed by atoms with van der Waals surface area (Å²) in [5.74, 6) is 2.41. The average Bonchev–Trinajstić information content (AvgIpc) is 4.30. The van der Waals surface area contributed by atoms with E-state index in [0.29, 0.717) is 49.1 Å². The van der Waals surface area contributed by atoms with Gasteiger partial charge in [-0.15, -0.1) is 0 Å². The van der Waals surface area contributed by atoms with Crippen molar-refractivity contribution >= 4 is 0 Å². The van der Waals surface area contributed by atoms with E-state index in [1.54, 1.807) is 0 Å². The van der Waals surface area contributed by atoms with Crippen LogP contribution in [0.25, 0.3) is 0 Å². The molecule has 4 saturated heterocycles. The van der Waals surface area contributed by atoms with Gasteiger partial charge in [-0.25, -0.2) is 0 Å². The fourth-order valence-electron chi connectivity index (χ4n) is 10.1. The fourth-order valence-corrected chi connectivity index (χ4v) is 10.1. The summed E-state index contributed by atoms with van der Waals surface area (Å²) < 4.78 is 46.5. The maximum atomic E-state index is 9.34. The van der Waals surface area contributed by atoms with Crippen LogP contribution in [0.1, 0.15) is 170 Å². The molecule has 0 bridgehead atoms. The van der Waals surface area contributed by atoms with Crippen LogP contribution in [-0.2, 0) is 37.9 Å². The summed E-state index contributed by atoms with van der Waals surface area (Å²) in [5.41, 5.74) is 5.22. The molecule has 2 N–H and O–H groups in total. The van der Waals surface area contributed by atoms with Crippen LogP contribution >= 0.6 is 0 Å². The molecule has 416 valence electrons. The van der Waals surface area contributed by atoms with E-state index in [0.717, 1.165) is 73.4 Å². The lowest BCUT2D eigenvalue weighted by molar-refractivity contribution is -0.143. The number of ether oxygens (including phenoxy) is 8. The number of aliphatic hydroxyl groups is 2.